The molecule has 7 heteroatoms. The summed E-state index contributed by atoms with van der Waals surface area (Å²) in [6.45, 7) is 0.888. The van der Waals surface area contributed by atoms with E-state index in [9.17, 15) is 4.79 Å². The van der Waals surface area contributed by atoms with Crippen LogP contribution in [0.1, 0.15) is 12.8 Å². The Hall–Kier alpha value is 0.740. The second kappa shape index (κ2) is 11.7. The van der Waals surface area contributed by atoms with E-state index in [4.69, 9.17) is 15.0 Å². The Balaban J connectivity index is -0.000000124. The van der Waals surface area contributed by atoms with Crippen molar-refractivity contribution in [3.05, 3.63) is 0 Å². The third kappa shape index (κ3) is 17.0. The molecule has 1 rings (SSSR count). The van der Waals surface area contributed by atoms with Crippen LogP contribution in [0.15, 0.2) is 0 Å². The predicted octanol–water partition coefficient (Wildman–Crippen LogP) is -8.54. The maximum atomic E-state index is 10.1. The molecule has 0 unspecified atom stereocenters. The molecule has 1 amide bonds. The second-order valence-electron chi connectivity index (χ2n) is 1.70. The standard InChI is InChI=1S/C4H7NO.CH2O3.2Na/c6-4-2-1-3-5-4;2-1(3)4;;/h1-3H2,(H,5,6);(H2,2,3,4);;/q;;2*+1/p-2. The van der Waals surface area contributed by atoms with Crippen LogP contribution < -0.4 is 74.6 Å². The number of carbonyl (C=O) groups is 2. The van der Waals surface area contributed by atoms with Gasteiger partial charge in [-0.1, -0.05) is 0 Å². The zero-order chi connectivity index (χ0) is 7.98. The first-order valence-corrected chi connectivity index (χ1v) is 2.77. The van der Waals surface area contributed by atoms with Crippen molar-refractivity contribution in [2.75, 3.05) is 6.54 Å². The zero-order valence-corrected chi connectivity index (χ0v) is 11.3. The number of amides is 1. The van der Waals surface area contributed by atoms with Crippen LogP contribution in [-0.4, -0.2) is 18.6 Å². The Morgan fingerprint density at radius 3 is 1.83 bits per heavy atom. The molecule has 0 aromatic rings. The monoisotopic (exact) mass is 191 g/mol. The molecule has 0 aromatic heterocycles. The average Bonchev–Trinajstić information content (AvgIpc) is 2.15. The van der Waals surface area contributed by atoms with Crippen LogP contribution in [0.4, 0.5) is 4.79 Å². The minimum atomic E-state index is -2.33. The van der Waals surface area contributed by atoms with Crippen LogP contribution in [0.25, 0.3) is 0 Å². The molecule has 5 nitrogen and oxygen atoms in total. The van der Waals surface area contributed by atoms with Crippen molar-refractivity contribution >= 4 is 12.1 Å². The molecule has 1 N–H and O–H groups in total. The minimum absolute atomic E-state index is 0. The van der Waals surface area contributed by atoms with Gasteiger partial charge in [-0.05, 0) is 12.6 Å². The van der Waals surface area contributed by atoms with Gasteiger partial charge in [-0.2, -0.15) is 0 Å². The molecular formula is C5H7NNa2O4. The van der Waals surface area contributed by atoms with Gasteiger partial charge in [0.1, 0.15) is 0 Å². The molecule has 12 heavy (non-hydrogen) atoms. The van der Waals surface area contributed by atoms with Crippen LogP contribution in [0.3, 0.4) is 0 Å². The molecule has 1 aliphatic heterocycles. The summed E-state index contributed by atoms with van der Waals surface area (Å²) in [5.74, 6) is 0.204. The quantitative estimate of drug-likeness (QED) is 0.385. The van der Waals surface area contributed by atoms with Gasteiger partial charge < -0.3 is 20.3 Å². The summed E-state index contributed by atoms with van der Waals surface area (Å²) < 4.78 is 0. The van der Waals surface area contributed by atoms with Crippen molar-refractivity contribution in [1.82, 2.24) is 5.32 Å². The topological polar surface area (TPSA) is 92.3 Å². The SMILES string of the molecule is O=C([O-])[O-].O=C1CCCN1.[Na+].[Na+]. The smallest absolute Gasteiger partial charge is 0.652 e. The van der Waals surface area contributed by atoms with Crippen LogP contribution >= 0.6 is 0 Å². The van der Waals surface area contributed by atoms with E-state index < -0.39 is 6.16 Å². The first-order chi connectivity index (χ1) is 4.63. The first-order valence-electron chi connectivity index (χ1n) is 2.77. The van der Waals surface area contributed by atoms with Crippen LogP contribution in [-0.2, 0) is 4.79 Å². The molecular weight excluding hydrogens is 184 g/mol. The van der Waals surface area contributed by atoms with Crippen LogP contribution in [0.5, 0.6) is 0 Å². The number of rotatable bonds is 0. The summed E-state index contributed by atoms with van der Waals surface area (Å²) in [5, 5.41) is 19.3. The van der Waals surface area contributed by atoms with E-state index in [-0.39, 0.29) is 65.0 Å². The predicted molar refractivity (Wildman–Crippen MR) is 27.6 cm³/mol. The Morgan fingerprint density at radius 2 is 1.75 bits per heavy atom. The fourth-order valence-electron chi connectivity index (χ4n) is 0.565. The molecule has 0 radical (unpaired) electrons. The second-order valence-corrected chi connectivity index (χ2v) is 1.70. The molecule has 0 aliphatic carbocycles. The van der Waals surface area contributed by atoms with Crippen molar-refractivity contribution in [2.24, 2.45) is 0 Å². The van der Waals surface area contributed by atoms with Crippen LogP contribution in [0, 0.1) is 0 Å². The van der Waals surface area contributed by atoms with E-state index in [0.717, 1.165) is 19.4 Å². The average molecular weight is 191 g/mol. The van der Waals surface area contributed by atoms with Gasteiger partial charge in [0.05, 0.1) is 0 Å². The fraction of sp³-hybridized carbons (Fsp3) is 0.600. The largest absolute Gasteiger partial charge is 1.00 e. The van der Waals surface area contributed by atoms with Crippen LogP contribution in [0.2, 0.25) is 0 Å². The van der Waals surface area contributed by atoms with Gasteiger partial charge in [-0.25, -0.2) is 0 Å². The summed E-state index contributed by atoms with van der Waals surface area (Å²) >= 11 is 0. The van der Waals surface area contributed by atoms with E-state index in [2.05, 4.69) is 5.32 Å². The van der Waals surface area contributed by atoms with E-state index in [0.29, 0.717) is 0 Å². The maximum Gasteiger partial charge on any atom is 1.00 e. The molecule has 1 aliphatic rings. The van der Waals surface area contributed by atoms with Gasteiger partial charge in [0.15, 0.2) is 0 Å². The number of carboxylic acid groups (broad SMARTS) is 2. The Labute approximate surface area is 114 Å². The molecule has 1 saturated heterocycles. The third-order valence-electron chi connectivity index (χ3n) is 0.903. The van der Waals surface area contributed by atoms with E-state index in [1.165, 1.54) is 0 Å². The number of hydrogen-bond acceptors (Lipinski definition) is 4. The minimum Gasteiger partial charge on any atom is -0.652 e. The number of hydrogen-bond donors (Lipinski definition) is 1. The summed E-state index contributed by atoms with van der Waals surface area (Å²) in [4.78, 5) is 18.5. The summed E-state index contributed by atoms with van der Waals surface area (Å²) in [5.41, 5.74) is 0. The maximum absolute atomic E-state index is 10.1. The fourth-order valence-corrected chi connectivity index (χ4v) is 0.565. The summed E-state index contributed by atoms with van der Waals surface area (Å²) in [6.07, 6.45) is -0.571. The molecule has 0 aromatic carbocycles. The Bertz CT molecular complexity index is 129. The molecule has 1 heterocycles. The molecule has 58 valence electrons. The number of carbonyl (C=O) groups excluding carboxylic acids is 2. The van der Waals surface area contributed by atoms with Gasteiger partial charge in [0, 0.05) is 13.0 Å². The van der Waals surface area contributed by atoms with Gasteiger partial charge in [0.25, 0.3) is 0 Å². The molecule has 0 bridgehead atoms. The van der Waals surface area contributed by atoms with Gasteiger partial charge in [-0.15, -0.1) is 0 Å². The summed E-state index contributed by atoms with van der Waals surface area (Å²) in [6, 6.07) is 0. The first kappa shape index (κ1) is 18.5. The van der Waals surface area contributed by atoms with Crippen molar-refractivity contribution in [1.29, 1.82) is 0 Å². The van der Waals surface area contributed by atoms with E-state index >= 15 is 0 Å². The Morgan fingerprint density at radius 1 is 1.33 bits per heavy atom. The zero-order valence-electron chi connectivity index (χ0n) is 7.25. The summed E-state index contributed by atoms with van der Waals surface area (Å²) in [7, 11) is 0. The van der Waals surface area contributed by atoms with Gasteiger partial charge in [-0.3, -0.25) is 4.79 Å². The van der Waals surface area contributed by atoms with Gasteiger partial charge >= 0.3 is 59.1 Å². The molecule has 0 saturated carbocycles. The number of nitrogens with one attached hydrogen (secondary N) is 1. The normalized spacial score (nSPS) is 12.5. The Kier molecular flexibility index (Phi) is 18.1. The third-order valence-corrected chi connectivity index (χ3v) is 0.903. The molecule has 0 atom stereocenters. The van der Waals surface area contributed by atoms with Crippen molar-refractivity contribution in [2.45, 2.75) is 12.8 Å². The van der Waals surface area contributed by atoms with Crippen molar-refractivity contribution in [3.8, 4) is 0 Å². The van der Waals surface area contributed by atoms with Gasteiger partial charge in [0.2, 0.25) is 5.91 Å². The molecule has 1 fully saturated rings. The molecule has 0 spiro atoms. The van der Waals surface area contributed by atoms with E-state index in [1.807, 2.05) is 0 Å². The van der Waals surface area contributed by atoms with Crippen molar-refractivity contribution in [3.63, 3.8) is 0 Å². The van der Waals surface area contributed by atoms with Crippen molar-refractivity contribution < 1.29 is 78.9 Å². The van der Waals surface area contributed by atoms with E-state index in [1.54, 1.807) is 0 Å².